The van der Waals surface area contributed by atoms with Gasteiger partial charge < -0.3 is 25.2 Å². The molecule has 0 saturated heterocycles. The molecule has 10 nitrogen and oxygen atoms in total. The van der Waals surface area contributed by atoms with Crippen molar-refractivity contribution in [3.05, 3.63) is 50.9 Å². The van der Waals surface area contributed by atoms with Crippen molar-refractivity contribution in [3.8, 4) is 11.5 Å². The molecule has 1 aromatic carbocycles. The molecule has 1 atom stereocenters. The number of hydrogen-bond donors (Lipinski definition) is 4. The maximum atomic E-state index is 12.4. The molecule has 0 fully saturated rings. The van der Waals surface area contributed by atoms with Crippen molar-refractivity contribution in [2.24, 2.45) is 14.1 Å². The first-order valence-corrected chi connectivity index (χ1v) is 8.32. The number of benzene rings is 1. The van der Waals surface area contributed by atoms with Crippen molar-refractivity contribution < 1.29 is 15.3 Å². The first-order valence-electron chi connectivity index (χ1n) is 8.32. The Labute approximate surface area is 153 Å². The summed E-state index contributed by atoms with van der Waals surface area (Å²) < 4.78 is 4.00. The number of hydrogen-bond acceptors (Lipinski definition) is 7. The van der Waals surface area contributed by atoms with Crippen LogP contribution >= 0.6 is 0 Å². The molecule has 0 amide bonds. The highest BCUT2D eigenvalue weighted by Gasteiger charge is 2.14. The fourth-order valence-electron chi connectivity index (χ4n) is 2.93. The number of imidazole rings is 1. The van der Waals surface area contributed by atoms with Gasteiger partial charge in [0.25, 0.3) is 5.56 Å². The molecular formula is C17H21N5O5. The van der Waals surface area contributed by atoms with Crippen molar-refractivity contribution >= 4 is 11.2 Å². The zero-order valence-corrected chi connectivity index (χ0v) is 15.0. The first kappa shape index (κ1) is 18.7. The molecule has 0 radical (unpaired) electrons. The Kier molecular flexibility index (Phi) is 5.02. The number of rotatable bonds is 6. The number of nitrogens with zero attached hydrogens (tertiary/aromatic N) is 4. The maximum absolute atomic E-state index is 12.4. The predicted molar refractivity (Wildman–Crippen MR) is 97.8 cm³/mol. The molecule has 0 aliphatic heterocycles. The van der Waals surface area contributed by atoms with Crippen LogP contribution in [0.2, 0.25) is 0 Å². The van der Waals surface area contributed by atoms with Gasteiger partial charge in [-0.3, -0.25) is 13.9 Å². The lowest BCUT2D eigenvalue weighted by Crippen LogP contribution is -2.37. The van der Waals surface area contributed by atoms with E-state index in [1.807, 2.05) is 0 Å². The smallest absolute Gasteiger partial charge is 0.332 e. The zero-order chi connectivity index (χ0) is 19.7. The first-order chi connectivity index (χ1) is 12.8. The molecule has 3 aromatic rings. The van der Waals surface area contributed by atoms with E-state index >= 15 is 0 Å². The Bertz CT molecular complexity index is 1080. The zero-order valence-electron chi connectivity index (χ0n) is 15.0. The molecule has 27 heavy (non-hydrogen) atoms. The Morgan fingerprint density at radius 1 is 1.11 bits per heavy atom. The normalized spacial score (nSPS) is 12.6. The van der Waals surface area contributed by atoms with Crippen LogP contribution < -0.4 is 16.6 Å². The summed E-state index contributed by atoms with van der Waals surface area (Å²) in [5, 5.41) is 32.1. The van der Waals surface area contributed by atoms with Gasteiger partial charge in [0.05, 0.1) is 12.4 Å². The number of nitrogens with one attached hydrogen (secondary N) is 1. The summed E-state index contributed by atoms with van der Waals surface area (Å²) in [6.07, 6.45) is 0.577. The number of phenolic OH excluding ortho intramolecular Hbond substituents is 2. The third-order valence-corrected chi connectivity index (χ3v) is 4.39. The standard InChI is InChI=1S/C17H21N5O5/c1-20-15-14(16(26)21(2)17(20)27)22(9-19-15)4-3-18-8-13(25)10-5-11(23)7-12(24)6-10/h5-7,9,13,18,23-25H,3-4,8H2,1-2H3. The molecule has 0 spiro atoms. The van der Waals surface area contributed by atoms with Gasteiger partial charge in [-0.2, -0.15) is 0 Å². The van der Waals surface area contributed by atoms with Crippen LogP contribution in [0.15, 0.2) is 34.1 Å². The molecule has 2 heterocycles. The van der Waals surface area contributed by atoms with Crippen molar-refractivity contribution in [2.75, 3.05) is 13.1 Å². The number of aryl methyl sites for hydroxylation is 1. The molecule has 0 aliphatic carbocycles. The minimum atomic E-state index is -0.920. The van der Waals surface area contributed by atoms with E-state index in [4.69, 9.17) is 0 Å². The van der Waals surface area contributed by atoms with Crippen LogP contribution in [0.3, 0.4) is 0 Å². The van der Waals surface area contributed by atoms with Crippen LogP contribution in [0.4, 0.5) is 0 Å². The molecule has 1 unspecified atom stereocenters. The lowest BCUT2D eigenvalue weighted by atomic mass is 10.1. The van der Waals surface area contributed by atoms with Crippen LogP contribution in [0.5, 0.6) is 11.5 Å². The second-order valence-electron chi connectivity index (χ2n) is 6.32. The van der Waals surface area contributed by atoms with Gasteiger partial charge in [-0.1, -0.05) is 0 Å². The Balaban J connectivity index is 1.68. The summed E-state index contributed by atoms with van der Waals surface area (Å²) in [5.74, 6) is -0.259. The van der Waals surface area contributed by atoms with Gasteiger partial charge in [0.2, 0.25) is 0 Å². The highest BCUT2D eigenvalue weighted by Crippen LogP contribution is 2.24. The van der Waals surface area contributed by atoms with Gasteiger partial charge in [-0.25, -0.2) is 9.78 Å². The summed E-state index contributed by atoms with van der Waals surface area (Å²) in [7, 11) is 2.97. The lowest BCUT2D eigenvalue weighted by molar-refractivity contribution is 0.174. The van der Waals surface area contributed by atoms with E-state index in [2.05, 4.69) is 10.3 Å². The van der Waals surface area contributed by atoms with E-state index in [9.17, 15) is 24.9 Å². The lowest BCUT2D eigenvalue weighted by Gasteiger charge is -2.13. The SMILES string of the molecule is Cn1c(=O)c2c(ncn2CCNCC(O)c2cc(O)cc(O)c2)n(C)c1=O. The van der Waals surface area contributed by atoms with E-state index in [1.54, 1.807) is 11.6 Å². The summed E-state index contributed by atoms with van der Waals surface area (Å²) >= 11 is 0. The van der Waals surface area contributed by atoms with E-state index in [1.165, 1.54) is 36.1 Å². The fourth-order valence-corrected chi connectivity index (χ4v) is 2.93. The topological polar surface area (TPSA) is 135 Å². The summed E-state index contributed by atoms with van der Waals surface area (Å²) in [6, 6.07) is 3.93. The Morgan fingerprint density at radius 2 is 1.78 bits per heavy atom. The van der Waals surface area contributed by atoms with Gasteiger partial charge >= 0.3 is 5.69 Å². The number of aliphatic hydroxyl groups excluding tert-OH is 1. The highest BCUT2D eigenvalue weighted by atomic mass is 16.3. The summed E-state index contributed by atoms with van der Waals surface area (Å²) in [4.78, 5) is 28.4. The second kappa shape index (κ2) is 7.25. The molecule has 4 N–H and O–H groups in total. The maximum Gasteiger partial charge on any atom is 0.332 e. The van der Waals surface area contributed by atoms with Crippen molar-refractivity contribution in [1.82, 2.24) is 24.0 Å². The van der Waals surface area contributed by atoms with Crippen LogP contribution in [-0.4, -0.2) is 47.1 Å². The molecule has 10 heteroatoms. The van der Waals surface area contributed by atoms with Crippen LogP contribution in [0.25, 0.3) is 11.2 Å². The van der Waals surface area contributed by atoms with Gasteiger partial charge in [0.15, 0.2) is 11.2 Å². The summed E-state index contributed by atoms with van der Waals surface area (Å²) in [5.41, 5.74) is 0.185. The van der Waals surface area contributed by atoms with E-state index in [0.717, 1.165) is 4.57 Å². The van der Waals surface area contributed by atoms with Crippen LogP contribution in [-0.2, 0) is 20.6 Å². The average Bonchev–Trinajstić information content (AvgIpc) is 3.04. The monoisotopic (exact) mass is 375 g/mol. The molecule has 0 aliphatic rings. The predicted octanol–water partition coefficient (Wildman–Crippen LogP) is -0.832. The third-order valence-electron chi connectivity index (χ3n) is 4.39. The molecule has 3 rings (SSSR count). The average molecular weight is 375 g/mol. The fraction of sp³-hybridized carbons (Fsp3) is 0.353. The molecule has 2 aromatic heterocycles. The van der Waals surface area contributed by atoms with Crippen molar-refractivity contribution in [3.63, 3.8) is 0 Å². The minimum absolute atomic E-state index is 0.129. The number of phenols is 2. The van der Waals surface area contributed by atoms with Crippen molar-refractivity contribution in [2.45, 2.75) is 12.6 Å². The van der Waals surface area contributed by atoms with Crippen LogP contribution in [0.1, 0.15) is 11.7 Å². The van der Waals surface area contributed by atoms with Gasteiger partial charge in [-0.15, -0.1) is 0 Å². The highest BCUT2D eigenvalue weighted by molar-refractivity contribution is 5.69. The number of fused-ring (bicyclic) bond motifs is 1. The Morgan fingerprint density at radius 3 is 2.44 bits per heavy atom. The van der Waals surface area contributed by atoms with Gasteiger partial charge in [0.1, 0.15) is 11.5 Å². The number of aromatic hydroxyl groups is 2. The largest absolute Gasteiger partial charge is 0.508 e. The third kappa shape index (κ3) is 3.57. The van der Waals surface area contributed by atoms with Gasteiger partial charge in [0, 0.05) is 39.8 Å². The van der Waals surface area contributed by atoms with E-state index < -0.39 is 17.4 Å². The molecule has 0 saturated carbocycles. The molecule has 144 valence electrons. The molecular weight excluding hydrogens is 354 g/mol. The number of aliphatic hydroxyl groups is 1. The number of aromatic nitrogens is 4. The van der Waals surface area contributed by atoms with Crippen molar-refractivity contribution in [1.29, 1.82) is 0 Å². The quantitative estimate of drug-likeness (QED) is 0.413. The van der Waals surface area contributed by atoms with Gasteiger partial charge in [-0.05, 0) is 17.7 Å². The summed E-state index contributed by atoms with van der Waals surface area (Å²) in [6.45, 7) is 1.02. The Hall–Kier alpha value is -3.11. The molecule has 0 bridgehead atoms. The van der Waals surface area contributed by atoms with Crippen LogP contribution in [0, 0.1) is 0 Å². The minimum Gasteiger partial charge on any atom is -0.508 e. The van der Waals surface area contributed by atoms with E-state index in [-0.39, 0.29) is 18.0 Å². The van der Waals surface area contributed by atoms with E-state index in [0.29, 0.717) is 29.8 Å². The second-order valence-corrected chi connectivity index (χ2v) is 6.32.